The van der Waals surface area contributed by atoms with Crippen LogP contribution < -0.4 is 18.9 Å². The molecule has 1 aliphatic heterocycles. The molecule has 1 heterocycles. The second kappa shape index (κ2) is 7.49. The van der Waals surface area contributed by atoms with Crippen LogP contribution >= 0.6 is 0 Å². The number of methoxy groups -OCH3 is 2. The van der Waals surface area contributed by atoms with Crippen molar-refractivity contribution >= 4 is 20.8 Å². The first-order valence-electron chi connectivity index (χ1n) is 9.68. The minimum absolute atomic E-state index is 0.222. The average molecular weight is 428 g/mol. The average Bonchev–Trinajstić information content (AvgIpc) is 2.71. The molecule has 30 heavy (non-hydrogen) atoms. The predicted octanol–water partition coefficient (Wildman–Crippen LogP) is 4.44. The molecular formula is C23H25NO5S. The molecule has 0 aliphatic carbocycles. The van der Waals surface area contributed by atoms with E-state index in [1.54, 1.807) is 38.5 Å². The fraction of sp³-hybridized carbons (Fsp3) is 0.304. The van der Waals surface area contributed by atoms with Crippen molar-refractivity contribution in [2.45, 2.75) is 36.8 Å². The van der Waals surface area contributed by atoms with Crippen molar-refractivity contribution in [2.75, 3.05) is 14.2 Å². The largest absolute Gasteiger partial charge is 0.497 e. The molecule has 0 amide bonds. The maximum absolute atomic E-state index is 13.2. The number of sulfonamides is 1. The highest BCUT2D eigenvalue weighted by Crippen LogP contribution is 2.42. The standard InChI is InChI=1S/C23H25NO5S/c1-23(2)14-21(20-10-8-18(28-4)13-22(20)29-23)24-30(25,26)19-9-6-15-11-17(27-3)7-5-16(15)12-19/h5-13,21,24H,14H2,1-4H3/t21-/m1/s1. The minimum Gasteiger partial charge on any atom is -0.497 e. The van der Waals surface area contributed by atoms with Crippen LogP contribution in [-0.4, -0.2) is 28.2 Å². The third-order valence-electron chi connectivity index (χ3n) is 5.30. The van der Waals surface area contributed by atoms with Crippen LogP contribution in [0.5, 0.6) is 17.2 Å². The number of benzene rings is 3. The molecule has 0 aromatic heterocycles. The quantitative estimate of drug-likeness (QED) is 0.652. The first-order chi connectivity index (χ1) is 14.2. The van der Waals surface area contributed by atoms with Crippen LogP contribution in [0.25, 0.3) is 10.8 Å². The van der Waals surface area contributed by atoms with E-state index in [0.717, 1.165) is 22.1 Å². The highest BCUT2D eigenvalue weighted by atomic mass is 32.2. The zero-order valence-corrected chi connectivity index (χ0v) is 18.2. The summed E-state index contributed by atoms with van der Waals surface area (Å²) in [5, 5.41) is 1.74. The first-order valence-corrected chi connectivity index (χ1v) is 11.2. The summed E-state index contributed by atoms with van der Waals surface area (Å²) >= 11 is 0. The molecule has 0 saturated carbocycles. The van der Waals surface area contributed by atoms with E-state index in [-0.39, 0.29) is 4.90 Å². The van der Waals surface area contributed by atoms with Gasteiger partial charge in [-0.1, -0.05) is 18.2 Å². The number of ether oxygens (including phenoxy) is 3. The monoisotopic (exact) mass is 427 g/mol. The van der Waals surface area contributed by atoms with E-state index in [1.165, 1.54) is 0 Å². The molecule has 1 atom stereocenters. The van der Waals surface area contributed by atoms with Crippen molar-refractivity contribution in [3.05, 3.63) is 60.2 Å². The molecule has 0 bridgehead atoms. The smallest absolute Gasteiger partial charge is 0.241 e. The van der Waals surface area contributed by atoms with Gasteiger partial charge in [0.1, 0.15) is 22.8 Å². The number of hydrogen-bond acceptors (Lipinski definition) is 5. The summed E-state index contributed by atoms with van der Waals surface area (Å²) in [4.78, 5) is 0.222. The maximum atomic E-state index is 13.2. The summed E-state index contributed by atoms with van der Waals surface area (Å²) in [6.07, 6.45) is 0.510. The second-order valence-corrected chi connectivity index (χ2v) is 9.73. The lowest BCUT2D eigenvalue weighted by Gasteiger charge is -2.37. The lowest BCUT2D eigenvalue weighted by molar-refractivity contribution is 0.0699. The van der Waals surface area contributed by atoms with E-state index < -0.39 is 21.7 Å². The molecule has 158 valence electrons. The van der Waals surface area contributed by atoms with Crippen molar-refractivity contribution in [1.29, 1.82) is 0 Å². The molecule has 1 aliphatic rings. The molecule has 0 fully saturated rings. The van der Waals surface area contributed by atoms with Gasteiger partial charge in [-0.3, -0.25) is 0 Å². The maximum Gasteiger partial charge on any atom is 0.241 e. The Morgan fingerprint density at radius 1 is 0.933 bits per heavy atom. The zero-order valence-electron chi connectivity index (χ0n) is 17.4. The number of fused-ring (bicyclic) bond motifs is 2. The van der Waals surface area contributed by atoms with E-state index in [0.29, 0.717) is 17.9 Å². The Morgan fingerprint density at radius 2 is 1.57 bits per heavy atom. The summed E-state index contributed by atoms with van der Waals surface area (Å²) in [6, 6.07) is 15.7. The second-order valence-electron chi connectivity index (χ2n) is 8.02. The summed E-state index contributed by atoms with van der Waals surface area (Å²) < 4.78 is 45.9. The minimum atomic E-state index is -3.74. The Hall–Kier alpha value is -2.77. The first kappa shape index (κ1) is 20.5. The molecule has 0 unspecified atom stereocenters. The van der Waals surface area contributed by atoms with Crippen LogP contribution in [0.4, 0.5) is 0 Å². The van der Waals surface area contributed by atoms with Crippen molar-refractivity contribution in [1.82, 2.24) is 4.72 Å². The lowest BCUT2D eigenvalue weighted by atomic mass is 9.90. The van der Waals surface area contributed by atoms with Crippen molar-refractivity contribution in [2.24, 2.45) is 0 Å². The fourth-order valence-electron chi connectivity index (χ4n) is 3.82. The van der Waals surface area contributed by atoms with E-state index in [1.807, 2.05) is 44.2 Å². The van der Waals surface area contributed by atoms with Gasteiger partial charge in [-0.15, -0.1) is 0 Å². The van der Waals surface area contributed by atoms with Gasteiger partial charge in [0.05, 0.1) is 25.2 Å². The van der Waals surface area contributed by atoms with Gasteiger partial charge in [-0.2, -0.15) is 0 Å². The van der Waals surface area contributed by atoms with Crippen molar-refractivity contribution < 1.29 is 22.6 Å². The Morgan fingerprint density at radius 3 is 2.30 bits per heavy atom. The Balaban J connectivity index is 1.68. The van der Waals surface area contributed by atoms with E-state index in [4.69, 9.17) is 14.2 Å². The highest BCUT2D eigenvalue weighted by Gasteiger charge is 2.36. The number of rotatable bonds is 5. The van der Waals surface area contributed by atoms with Gasteiger partial charge in [0.2, 0.25) is 10.0 Å². The van der Waals surface area contributed by atoms with Crippen LogP contribution in [0.1, 0.15) is 31.9 Å². The Bertz CT molecular complexity index is 1200. The molecule has 1 N–H and O–H groups in total. The van der Waals surface area contributed by atoms with Crippen molar-refractivity contribution in [3.8, 4) is 17.2 Å². The third kappa shape index (κ3) is 3.95. The molecule has 6 nitrogen and oxygen atoms in total. The van der Waals surface area contributed by atoms with Crippen LogP contribution in [0.3, 0.4) is 0 Å². The fourth-order valence-corrected chi connectivity index (χ4v) is 5.07. The van der Waals surface area contributed by atoms with E-state index in [2.05, 4.69) is 4.72 Å². The SMILES string of the molecule is COc1ccc2c(c1)OC(C)(C)C[C@H]2NS(=O)(=O)c1ccc2cc(OC)ccc2c1. The van der Waals surface area contributed by atoms with Gasteiger partial charge in [0, 0.05) is 18.1 Å². The lowest BCUT2D eigenvalue weighted by Crippen LogP contribution is -2.41. The van der Waals surface area contributed by atoms with Crippen molar-refractivity contribution in [3.63, 3.8) is 0 Å². The van der Waals surface area contributed by atoms with Gasteiger partial charge in [0.15, 0.2) is 0 Å². The topological polar surface area (TPSA) is 73.9 Å². The molecular weight excluding hydrogens is 402 g/mol. The Kier molecular flexibility index (Phi) is 5.11. The Labute approximate surface area is 176 Å². The predicted molar refractivity (Wildman–Crippen MR) is 116 cm³/mol. The number of nitrogens with one attached hydrogen (secondary N) is 1. The highest BCUT2D eigenvalue weighted by molar-refractivity contribution is 7.89. The summed E-state index contributed by atoms with van der Waals surface area (Å²) in [5.74, 6) is 2.02. The molecule has 4 rings (SSSR count). The molecule has 0 radical (unpaired) electrons. The summed E-state index contributed by atoms with van der Waals surface area (Å²) in [7, 11) is -0.551. The van der Waals surface area contributed by atoms with Gasteiger partial charge in [-0.05, 0) is 55.0 Å². The summed E-state index contributed by atoms with van der Waals surface area (Å²) in [6.45, 7) is 3.89. The molecule has 7 heteroatoms. The van der Waals surface area contributed by atoms with E-state index >= 15 is 0 Å². The van der Waals surface area contributed by atoms with Gasteiger partial charge < -0.3 is 14.2 Å². The molecule has 0 spiro atoms. The van der Waals surface area contributed by atoms with Gasteiger partial charge >= 0.3 is 0 Å². The van der Waals surface area contributed by atoms with Crippen LogP contribution in [0.15, 0.2) is 59.5 Å². The zero-order chi connectivity index (χ0) is 21.5. The van der Waals surface area contributed by atoms with Crippen LogP contribution in [0.2, 0.25) is 0 Å². The summed E-state index contributed by atoms with van der Waals surface area (Å²) in [5.41, 5.74) is 0.274. The number of hydrogen-bond donors (Lipinski definition) is 1. The molecule has 3 aromatic carbocycles. The third-order valence-corrected chi connectivity index (χ3v) is 6.77. The van der Waals surface area contributed by atoms with Gasteiger partial charge in [-0.25, -0.2) is 13.1 Å². The molecule has 0 saturated heterocycles. The van der Waals surface area contributed by atoms with Gasteiger partial charge in [0.25, 0.3) is 0 Å². The normalized spacial score (nSPS) is 17.8. The van der Waals surface area contributed by atoms with Crippen LogP contribution in [0, 0.1) is 0 Å². The molecule has 3 aromatic rings. The van der Waals surface area contributed by atoms with E-state index in [9.17, 15) is 8.42 Å². The van der Waals surface area contributed by atoms with Crippen LogP contribution in [-0.2, 0) is 10.0 Å².